The van der Waals surface area contributed by atoms with Gasteiger partial charge in [-0.3, -0.25) is 9.69 Å². The van der Waals surface area contributed by atoms with Gasteiger partial charge in [0.25, 0.3) is 0 Å². The van der Waals surface area contributed by atoms with Gasteiger partial charge in [-0.25, -0.2) is 15.0 Å². The van der Waals surface area contributed by atoms with E-state index in [0.29, 0.717) is 17.5 Å². The number of nitrogens with two attached hydrogens (primary N) is 1. The first-order chi connectivity index (χ1) is 15.8. The van der Waals surface area contributed by atoms with Gasteiger partial charge in [0.05, 0.1) is 23.1 Å². The molecule has 1 saturated heterocycles. The topological polar surface area (TPSA) is 116 Å². The van der Waals surface area contributed by atoms with Gasteiger partial charge in [0.15, 0.2) is 0 Å². The van der Waals surface area contributed by atoms with E-state index in [0.717, 1.165) is 48.5 Å². The molecule has 1 aliphatic rings. The monoisotopic (exact) mass is 469 g/mol. The molecule has 4 rings (SSSR count). The van der Waals surface area contributed by atoms with Crippen molar-refractivity contribution in [2.24, 2.45) is 0 Å². The number of halogens is 1. The first-order valence-corrected chi connectivity index (χ1v) is 11.2. The van der Waals surface area contributed by atoms with Gasteiger partial charge in [-0.15, -0.1) is 0 Å². The summed E-state index contributed by atoms with van der Waals surface area (Å²) in [6, 6.07) is 7.72. The van der Waals surface area contributed by atoms with Crippen molar-refractivity contribution in [1.29, 1.82) is 0 Å². The fourth-order valence-corrected chi connectivity index (χ4v) is 4.07. The van der Waals surface area contributed by atoms with Crippen molar-refractivity contribution >= 4 is 46.1 Å². The molecule has 2 aromatic heterocycles. The van der Waals surface area contributed by atoms with Crippen molar-refractivity contribution in [3.63, 3.8) is 0 Å². The largest absolute Gasteiger partial charge is 0.368 e. The second-order valence-electron chi connectivity index (χ2n) is 8.30. The molecule has 0 spiro atoms. The summed E-state index contributed by atoms with van der Waals surface area (Å²) in [6.45, 7) is 5.50. The summed E-state index contributed by atoms with van der Waals surface area (Å²) >= 11 is 6.47. The Bertz CT molecular complexity index is 1150. The maximum absolute atomic E-state index is 12.1. The average Bonchev–Trinajstić information content (AvgIpc) is 2.79. The smallest absolute Gasteiger partial charge is 0.236 e. The van der Waals surface area contributed by atoms with Crippen LogP contribution in [-0.2, 0) is 4.79 Å². The number of nitrogen functional groups attached to an aromatic ring is 1. The van der Waals surface area contributed by atoms with Crippen molar-refractivity contribution in [2.45, 2.75) is 13.0 Å². The summed E-state index contributed by atoms with van der Waals surface area (Å²) < 4.78 is 0. The van der Waals surface area contributed by atoms with Crippen molar-refractivity contribution in [1.82, 2.24) is 29.7 Å². The fourth-order valence-electron chi connectivity index (χ4n) is 3.84. The molecule has 3 aromatic rings. The molecule has 0 saturated carbocycles. The minimum absolute atomic E-state index is 0.106. The van der Waals surface area contributed by atoms with Gasteiger partial charge in [0.1, 0.15) is 12.1 Å². The number of fused-ring (bicyclic) bond motifs is 1. The zero-order chi connectivity index (χ0) is 23.5. The summed E-state index contributed by atoms with van der Waals surface area (Å²) in [5.74, 6) is 1.52. The van der Waals surface area contributed by atoms with E-state index < -0.39 is 0 Å². The van der Waals surface area contributed by atoms with Crippen LogP contribution in [0.4, 0.5) is 17.7 Å². The van der Waals surface area contributed by atoms with Crippen LogP contribution in [0, 0.1) is 0 Å². The Morgan fingerprint density at radius 3 is 2.67 bits per heavy atom. The molecule has 1 aliphatic heterocycles. The molecule has 0 radical (unpaired) electrons. The number of nitrogens with zero attached hydrogens (tertiary/aromatic N) is 7. The Morgan fingerprint density at radius 1 is 1.21 bits per heavy atom. The minimum Gasteiger partial charge on any atom is -0.368 e. The molecule has 1 atom stereocenters. The molecule has 3 heterocycles. The number of pyridine rings is 1. The van der Waals surface area contributed by atoms with Gasteiger partial charge < -0.3 is 20.9 Å². The number of carbonyl (C=O) groups excluding carboxylic acids is 1. The highest BCUT2D eigenvalue weighted by Gasteiger charge is 2.25. The number of likely N-dealkylation sites (N-methyl/N-ethyl adjacent to an activating group) is 1. The number of para-hydroxylation sites is 1. The lowest BCUT2D eigenvalue weighted by molar-refractivity contribution is -0.129. The molecule has 3 N–H and O–H groups in total. The van der Waals surface area contributed by atoms with Crippen LogP contribution in [0.15, 0.2) is 30.6 Å². The third-order valence-electron chi connectivity index (χ3n) is 5.74. The van der Waals surface area contributed by atoms with Gasteiger partial charge in [-0.1, -0.05) is 23.7 Å². The van der Waals surface area contributed by atoms with Gasteiger partial charge in [0, 0.05) is 51.2 Å². The van der Waals surface area contributed by atoms with Crippen LogP contribution in [0.5, 0.6) is 0 Å². The Balaban J connectivity index is 1.62. The van der Waals surface area contributed by atoms with Crippen LogP contribution in [-0.4, -0.2) is 82.5 Å². The van der Waals surface area contributed by atoms with Gasteiger partial charge in [0.2, 0.25) is 17.8 Å². The molecule has 1 unspecified atom stereocenters. The quantitative estimate of drug-likeness (QED) is 0.559. The highest BCUT2D eigenvalue weighted by molar-refractivity contribution is 6.35. The number of anilines is 3. The number of aromatic nitrogens is 4. The number of hydrogen-bond acceptors (Lipinski definition) is 9. The number of benzene rings is 1. The SMILES string of the molecule is CC(Nc1ncnc(N)n1)c1cc2cccc(Cl)c2nc1N1CCN(CC(=O)N(C)C)CC1. The molecule has 174 valence electrons. The van der Waals surface area contributed by atoms with E-state index in [1.165, 1.54) is 6.33 Å². The molecule has 1 aromatic carbocycles. The number of piperazine rings is 1. The van der Waals surface area contributed by atoms with E-state index in [1.54, 1.807) is 19.0 Å². The standard InChI is InChI=1S/C22H28ClN9O/c1-14(27-22-26-13-25-21(24)29-22)16-11-15-5-4-6-17(23)19(15)28-20(16)32-9-7-31(8-10-32)12-18(33)30(2)3/h4-6,11,13-14H,7-10,12H2,1-3H3,(H3,24,25,26,27,29). The number of carbonyl (C=O) groups is 1. The van der Waals surface area contributed by atoms with Crippen molar-refractivity contribution < 1.29 is 4.79 Å². The molecular formula is C22H28ClN9O. The molecule has 1 fully saturated rings. The van der Waals surface area contributed by atoms with Crippen molar-refractivity contribution in [3.05, 3.63) is 41.2 Å². The van der Waals surface area contributed by atoms with E-state index in [-0.39, 0.29) is 17.9 Å². The zero-order valence-electron chi connectivity index (χ0n) is 19.0. The van der Waals surface area contributed by atoms with E-state index in [2.05, 4.69) is 36.1 Å². The van der Waals surface area contributed by atoms with Crippen LogP contribution in [0.25, 0.3) is 10.9 Å². The molecular weight excluding hydrogens is 442 g/mol. The number of amides is 1. The maximum Gasteiger partial charge on any atom is 0.236 e. The second kappa shape index (κ2) is 9.72. The van der Waals surface area contributed by atoms with Crippen LogP contribution in [0.3, 0.4) is 0 Å². The predicted molar refractivity (Wildman–Crippen MR) is 130 cm³/mol. The third-order valence-corrected chi connectivity index (χ3v) is 6.04. The summed E-state index contributed by atoms with van der Waals surface area (Å²) in [6.07, 6.45) is 1.38. The Kier molecular flexibility index (Phi) is 6.75. The van der Waals surface area contributed by atoms with Gasteiger partial charge in [-0.05, 0) is 19.1 Å². The summed E-state index contributed by atoms with van der Waals surface area (Å²) in [4.78, 5) is 35.3. The predicted octanol–water partition coefficient (Wildman–Crippen LogP) is 2.04. The third kappa shape index (κ3) is 5.23. The Labute approximate surface area is 197 Å². The molecule has 1 amide bonds. The normalized spacial score (nSPS) is 15.5. The number of nitrogens with one attached hydrogen (secondary N) is 1. The van der Waals surface area contributed by atoms with E-state index in [1.807, 2.05) is 25.1 Å². The second-order valence-corrected chi connectivity index (χ2v) is 8.70. The van der Waals surface area contributed by atoms with Gasteiger partial charge in [-0.2, -0.15) is 4.98 Å². The number of rotatable bonds is 6. The lowest BCUT2D eigenvalue weighted by Gasteiger charge is -2.37. The average molecular weight is 470 g/mol. The van der Waals surface area contributed by atoms with Gasteiger partial charge >= 0.3 is 0 Å². The molecule has 11 heteroatoms. The van der Waals surface area contributed by atoms with Crippen molar-refractivity contribution in [3.8, 4) is 0 Å². The van der Waals surface area contributed by atoms with E-state index in [4.69, 9.17) is 22.3 Å². The molecule has 0 aliphatic carbocycles. The van der Waals surface area contributed by atoms with E-state index in [9.17, 15) is 4.79 Å². The highest BCUT2D eigenvalue weighted by atomic mass is 35.5. The molecule has 33 heavy (non-hydrogen) atoms. The summed E-state index contributed by atoms with van der Waals surface area (Å²) in [5.41, 5.74) is 7.47. The van der Waals surface area contributed by atoms with Crippen molar-refractivity contribution in [2.75, 3.05) is 62.8 Å². The van der Waals surface area contributed by atoms with Crippen LogP contribution in [0.2, 0.25) is 5.02 Å². The summed E-state index contributed by atoms with van der Waals surface area (Å²) in [5, 5.41) is 4.87. The van der Waals surface area contributed by atoms with E-state index >= 15 is 0 Å². The fraction of sp³-hybridized carbons (Fsp3) is 0.409. The maximum atomic E-state index is 12.1. The Morgan fingerprint density at radius 2 is 1.97 bits per heavy atom. The van der Waals surface area contributed by atoms with Crippen LogP contribution in [0.1, 0.15) is 18.5 Å². The molecule has 0 bridgehead atoms. The summed E-state index contributed by atoms with van der Waals surface area (Å²) in [7, 11) is 3.56. The van der Waals surface area contributed by atoms with Crippen LogP contribution >= 0.6 is 11.6 Å². The highest BCUT2D eigenvalue weighted by Crippen LogP contribution is 2.33. The minimum atomic E-state index is -0.147. The molecule has 10 nitrogen and oxygen atoms in total. The first kappa shape index (κ1) is 22.9. The zero-order valence-corrected chi connectivity index (χ0v) is 19.7. The van der Waals surface area contributed by atoms with Crippen LogP contribution < -0.4 is 16.0 Å². The lowest BCUT2D eigenvalue weighted by Crippen LogP contribution is -2.49. The Hall–Kier alpha value is -3.24. The lowest BCUT2D eigenvalue weighted by atomic mass is 10.0. The number of hydrogen-bond donors (Lipinski definition) is 2. The first-order valence-electron chi connectivity index (χ1n) is 10.8.